The number of nitrogens with zero attached hydrogens (tertiary/aromatic N) is 1. The molecule has 2 aliphatic rings. The summed E-state index contributed by atoms with van der Waals surface area (Å²) in [5.41, 5.74) is 2.74. The van der Waals surface area contributed by atoms with Crippen LogP contribution in [-0.2, 0) is 11.2 Å². The maximum atomic E-state index is 12.6. The zero-order chi connectivity index (χ0) is 19.3. The summed E-state index contributed by atoms with van der Waals surface area (Å²) in [7, 11) is 0. The summed E-state index contributed by atoms with van der Waals surface area (Å²) < 4.78 is 0. The second-order valence-electron chi connectivity index (χ2n) is 8.45. The molecule has 4 rings (SSSR count). The van der Waals surface area contributed by atoms with Gasteiger partial charge in [0, 0.05) is 17.5 Å². The molecule has 0 bridgehead atoms. The van der Waals surface area contributed by atoms with Crippen molar-refractivity contribution in [2.75, 3.05) is 18.4 Å². The standard InChI is InChI=1S/C23H30ClN3O.2ClH/c24-20-8-9-21-19(7-6-18(26-21)14-17-10-12-25-13-11-17)23(20)27-22(28)15-16-4-2-1-3-5-16;;/h6-9,16-17,25H,1-5,10-15H2,(H,27,28);2*1H. The van der Waals surface area contributed by atoms with E-state index in [9.17, 15) is 4.79 Å². The third-order valence-electron chi connectivity index (χ3n) is 6.30. The van der Waals surface area contributed by atoms with Crippen LogP contribution < -0.4 is 10.6 Å². The SMILES string of the molecule is Cl.Cl.O=C(CC1CCCCC1)Nc1c(Cl)ccc2nc(CC3CCNCC3)ccc12. The highest BCUT2D eigenvalue weighted by atomic mass is 35.5. The number of halogens is 3. The van der Waals surface area contributed by atoms with Crippen LogP contribution in [0, 0.1) is 11.8 Å². The molecule has 2 fully saturated rings. The van der Waals surface area contributed by atoms with Gasteiger partial charge >= 0.3 is 0 Å². The molecule has 0 spiro atoms. The molecule has 2 heterocycles. The van der Waals surface area contributed by atoms with Gasteiger partial charge in [-0.15, -0.1) is 24.8 Å². The minimum Gasteiger partial charge on any atom is -0.324 e. The van der Waals surface area contributed by atoms with Crippen LogP contribution in [0.15, 0.2) is 24.3 Å². The number of benzene rings is 1. The van der Waals surface area contributed by atoms with Crippen molar-refractivity contribution in [2.45, 2.75) is 57.8 Å². The van der Waals surface area contributed by atoms with Crippen molar-refractivity contribution in [1.82, 2.24) is 10.3 Å². The maximum absolute atomic E-state index is 12.6. The molecule has 7 heteroatoms. The first-order valence-corrected chi connectivity index (χ1v) is 11.2. The molecule has 2 N–H and O–H groups in total. The number of piperidine rings is 1. The lowest BCUT2D eigenvalue weighted by Crippen LogP contribution is -2.28. The van der Waals surface area contributed by atoms with Crippen LogP contribution in [0.5, 0.6) is 0 Å². The van der Waals surface area contributed by atoms with E-state index >= 15 is 0 Å². The fourth-order valence-electron chi connectivity index (χ4n) is 4.69. The lowest BCUT2D eigenvalue weighted by atomic mass is 9.87. The summed E-state index contributed by atoms with van der Waals surface area (Å²) in [4.78, 5) is 17.5. The number of pyridine rings is 1. The smallest absolute Gasteiger partial charge is 0.224 e. The molecule has 0 unspecified atom stereocenters. The number of carbonyl (C=O) groups excluding carboxylic acids is 1. The van der Waals surface area contributed by atoms with Gasteiger partial charge in [-0.2, -0.15) is 0 Å². The minimum atomic E-state index is 0. The van der Waals surface area contributed by atoms with Gasteiger partial charge in [-0.05, 0) is 81.3 Å². The van der Waals surface area contributed by atoms with Gasteiger partial charge in [0.15, 0.2) is 0 Å². The third kappa shape index (κ3) is 6.46. The Morgan fingerprint density at radius 1 is 1.00 bits per heavy atom. The number of anilines is 1. The molecular formula is C23H32Cl3N3O. The van der Waals surface area contributed by atoms with Crippen molar-refractivity contribution in [3.05, 3.63) is 35.0 Å². The molecule has 1 amide bonds. The molecule has 2 aromatic rings. The zero-order valence-corrected chi connectivity index (χ0v) is 19.7. The Morgan fingerprint density at radius 2 is 1.73 bits per heavy atom. The molecule has 4 nitrogen and oxygen atoms in total. The van der Waals surface area contributed by atoms with E-state index in [2.05, 4.69) is 22.8 Å². The highest BCUT2D eigenvalue weighted by Gasteiger charge is 2.19. The summed E-state index contributed by atoms with van der Waals surface area (Å²) >= 11 is 6.44. The molecule has 1 aliphatic carbocycles. The Balaban J connectivity index is 0.00000160. The van der Waals surface area contributed by atoms with Gasteiger partial charge in [-0.1, -0.05) is 30.9 Å². The van der Waals surface area contributed by atoms with Gasteiger partial charge in [0.2, 0.25) is 5.91 Å². The summed E-state index contributed by atoms with van der Waals surface area (Å²) in [6.45, 7) is 2.20. The number of nitrogens with one attached hydrogen (secondary N) is 2. The highest BCUT2D eigenvalue weighted by molar-refractivity contribution is 6.35. The lowest BCUT2D eigenvalue weighted by Gasteiger charge is -2.22. The second-order valence-corrected chi connectivity index (χ2v) is 8.85. The highest BCUT2D eigenvalue weighted by Crippen LogP contribution is 2.32. The Morgan fingerprint density at radius 3 is 2.47 bits per heavy atom. The number of hydrogen-bond acceptors (Lipinski definition) is 3. The van der Waals surface area contributed by atoms with Gasteiger partial charge < -0.3 is 10.6 Å². The number of carbonyl (C=O) groups is 1. The van der Waals surface area contributed by atoms with Crippen LogP contribution in [0.4, 0.5) is 5.69 Å². The average molecular weight is 473 g/mol. The van der Waals surface area contributed by atoms with E-state index in [4.69, 9.17) is 16.6 Å². The first-order chi connectivity index (χ1) is 13.7. The van der Waals surface area contributed by atoms with E-state index in [0.717, 1.165) is 48.9 Å². The molecule has 1 aromatic carbocycles. The van der Waals surface area contributed by atoms with Crippen molar-refractivity contribution in [3.8, 4) is 0 Å². The van der Waals surface area contributed by atoms with Gasteiger partial charge in [-0.25, -0.2) is 0 Å². The van der Waals surface area contributed by atoms with Crippen LogP contribution in [-0.4, -0.2) is 24.0 Å². The van der Waals surface area contributed by atoms with Crippen molar-refractivity contribution < 1.29 is 4.79 Å². The fraction of sp³-hybridized carbons (Fsp3) is 0.565. The van der Waals surface area contributed by atoms with Crippen LogP contribution in [0.1, 0.15) is 57.1 Å². The predicted molar refractivity (Wildman–Crippen MR) is 130 cm³/mol. The van der Waals surface area contributed by atoms with Crippen molar-refractivity contribution in [2.24, 2.45) is 11.8 Å². The zero-order valence-electron chi connectivity index (χ0n) is 17.3. The second kappa shape index (κ2) is 12.1. The number of rotatable bonds is 5. The Bertz CT molecular complexity index is 834. The van der Waals surface area contributed by atoms with E-state index in [1.807, 2.05) is 12.1 Å². The number of fused-ring (bicyclic) bond motifs is 1. The first kappa shape index (κ1) is 25.2. The van der Waals surface area contributed by atoms with E-state index in [1.165, 1.54) is 32.1 Å². The Kier molecular flexibility index (Phi) is 10.2. The summed E-state index contributed by atoms with van der Waals surface area (Å²) in [5.74, 6) is 1.28. The third-order valence-corrected chi connectivity index (χ3v) is 6.61. The van der Waals surface area contributed by atoms with Crippen molar-refractivity contribution in [1.29, 1.82) is 0 Å². The summed E-state index contributed by atoms with van der Waals surface area (Å²) in [6.07, 6.45) is 10.2. The minimum absolute atomic E-state index is 0. The molecule has 1 saturated heterocycles. The predicted octanol–water partition coefficient (Wildman–Crippen LogP) is 6.18. The van der Waals surface area contributed by atoms with Crippen LogP contribution in [0.25, 0.3) is 10.9 Å². The number of hydrogen-bond donors (Lipinski definition) is 2. The molecule has 1 aromatic heterocycles. The molecule has 1 aliphatic heterocycles. The van der Waals surface area contributed by atoms with Crippen molar-refractivity contribution >= 4 is 58.9 Å². The topological polar surface area (TPSA) is 54.0 Å². The van der Waals surface area contributed by atoms with E-state index in [0.29, 0.717) is 29.0 Å². The van der Waals surface area contributed by atoms with Gasteiger partial charge in [-0.3, -0.25) is 9.78 Å². The van der Waals surface area contributed by atoms with E-state index < -0.39 is 0 Å². The molecule has 1 saturated carbocycles. The molecular weight excluding hydrogens is 441 g/mol. The van der Waals surface area contributed by atoms with Crippen LogP contribution >= 0.6 is 36.4 Å². The fourth-order valence-corrected chi connectivity index (χ4v) is 4.90. The quantitative estimate of drug-likeness (QED) is 0.546. The van der Waals surface area contributed by atoms with Crippen LogP contribution in [0.3, 0.4) is 0 Å². The largest absolute Gasteiger partial charge is 0.324 e. The van der Waals surface area contributed by atoms with Gasteiger partial charge in [0.05, 0.1) is 16.2 Å². The molecule has 0 atom stereocenters. The molecule has 166 valence electrons. The summed E-state index contributed by atoms with van der Waals surface area (Å²) in [6, 6.07) is 7.97. The average Bonchev–Trinajstić information content (AvgIpc) is 2.72. The normalized spacial score (nSPS) is 17.8. The number of amides is 1. The van der Waals surface area contributed by atoms with E-state index in [1.54, 1.807) is 0 Å². The van der Waals surface area contributed by atoms with Crippen molar-refractivity contribution in [3.63, 3.8) is 0 Å². The van der Waals surface area contributed by atoms with E-state index in [-0.39, 0.29) is 30.7 Å². The monoisotopic (exact) mass is 471 g/mol. The Hall–Kier alpha value is -1.07. The number of aromatic nitrogens is 1. The van der Waals surface area contributed by atoms with Gasteiger partial charge in [0.1, 0.15) is 0 Å². The summed E-state index contributed by atoms with van der Waals surface area (Å²) in [5, 5.41) is 8.01. The molecule has 0 radical (unpaired) electrons. The van der Waals surface area contributed by atoms with Crippen LogP contribution in [0.2, 0.25) is 5.02 Å². The van der Waals surface area contributed by atoms with Gasteiger partial charge in [0.25, 0.3) is 0 Å². The molecule has 30 heavy (non-hydrogen) atoms. The Labute approximate surface area is 196 Å². The maximum Gasteiger partial charge on any atom is 0.224 e. The first-order valence-electron chi connectivity index (χ1n) is 10.8. The lowest BCUT2D eigenvalue weighted by molar-refractivity contribution is -0.117.